The maximum atomic E-state index is 12.6. The van der Waals surface area contributed by atoms with Gasteiger partial charge >= 0.3 is 0 Å². The van der Waals surface area contributed by atoms with E-state index < -0.39 is 10.8 Å². The largest absolute Gasteiger partial charge is 0.379 e. The van der Waals surface area contributed by atoms with Crippen LogP contribution in [0.1, 0.15) is 24.2 Å². The first-order valence-electron chi connectivity index (χ1n) is 8.36. The number of morpholine rings is 1. The summed E-state index contributed by atoms with van der Waals surface area (Å²) in [6.07, 6.45) is 1.87. The van der Waals surface area contributed by atoms with Crippen molar-refractivity contribution in [3.05, 3.63) is 33.9 Å². The van der Waals surface area contributed by atoms with Gasteiger partial charge in [0.15, 0.2) is 0 Å². The van der Waals surface area contributed by atoms with Gasteiger partial charge < -0.3 is 10.1 Å². The topological polar surface area (TPSA) is 84.7 Å². The molecule has 7 nitrogen and oxygen atoms in total. The van der Waals surface area contributed by atoms with Crippen molar-refractivity contribution >= 4 is 23.4 Å². The number of hydrogen-bond acceptors (Lipinski definition) is 6. The van der Waals surface area contributed by atoms with Gasteiger partial charge in [0.25, 0.3) is 11.6 Å². The Bertz CT molecular complexity index is 618. The van der Waals surface area contributed by atoms with Gasteiger partial charge in [0.05, 0.1) is 18.1 Å². The van der Waals surface area contributed by atoms with Crippen LogP contribution >= 0.6 is 11.8 Å². The van der Waals surface area contributed by atoms with Crippen LogP contribution in [0.2, 0.25) is 0 Å². The summed E-state index contributed by atoms with van der Waals surface area (Å²) in [6, 6.07) is 4.81. The summed E-state index contributed by atoms with van der Waals surface area (Å²) in [6.45, 7) is 7.74. The van der Waals surface area contributed by atoms with Crippen LogP contribution in [-0.2, 0) is 4.74 Å². The lowest BCUT2D eigenvalue weighted by Crippen LogP contribution is -2.51. The molecule has 1 unspecified atom stereocenters. The average molecular weight is 367 g/mol. The number of nitro groups is 1. The predicted molar refractivity (Wildman–Crippen MR) is 98.2 cm³/mol. The highest BCUT2D eigenvalue weighted by atomic mass is 32.2. The van der Waals surface area contributed by atoms with Gasteiger partial charge in [0.1, 0.15) is 5.56 Å². The van der Waals surface area contributed by atoms with Gasteiger partial charge in [-0.3, -0.25) is 19.8 Å². The van der Waals surface area contributed by atoms with E-state index in [0.717, 1.165) is 18.0 Å². The highest BCUT2D eigenvalue weighted by molar-refractivity contribution is 7.98. The molecular weight excluding hydrogens is 342 g/mol. The van der Waals surface area contributed by atoms with Crippen molar-refractivity contribution in [2.75, 3.05) is 39.1 Å². The normalized spacial score (nSPS) is 16.6. The lowest BCUT2D eigenvalue weighted by molar-refractivity contribution is -0.385. The van der Waals surface area contributed by atoms with Crippen LogP contribution in [0, 0.1) is 16.0 Å². The summed E-state index contributed by atoms with van der Waals surface area (Å²) in [7, 11) is 0. The predicted octanol–water partition coefficient (Wildman–Crippen LogP) is 2.40. The fraction of sp³-hybridized carbons (Fsp3) is 0.588. The second-order valence-electron chi connectivity index (χ2n) is 6.31. The van der Waals surface area contributed by atoms with Crippen molar-refractivity contribution in [2.45, 2.75) is 24.8 Å². The highest BCUT2D eigenvalue weighted by Gasteiger charge is 2.26. The van der Waals surface area contributed by atoms with Gasteiger partial charge in [-0.1, -0.05) is 13.8 Å². The summed E-state index contributed by atoms with van der Waals surface area (Å²) in [5.41, 5.74) is -0.0518. The van der Waals surface area contributed by atoms with Crippen molar-refractivity contribution in [1.82, 2.24) is 10.2 Å². The Labute approximate surface area is 152 Å². The van der Waals surface area contributed by atoms with Crippen LogP contribution in [0.5, 0.6) is 0 Å². The highest BCUT2D eigenvalue weighted by Crippen LogP contribution is 2.25. The zero-order valence-electron chi connectivity index (χ0n) is 14.9. The zero-order chi connectivity index (χ0) is 18.4. The number of ether oxygens (including phenoxy) is 1. The molecule has 1 amide bonds. The van der Waals surface area contributed by atoms with E-state index in [2.05, 4.69) is 24.1 Å². The van der Waals surface area contributed by atoms with Gasteiger partial charge in [0.2, 0.25) is 0 Å². The Morgan fingerprint density at radius 2 is 2.08 bits per heavy atom. The third-order valence-electron chi connectivity index (χ3n) is 4.40. The number of hydrogen-bond donors (Lipinski definition) is 1. The molecule has 0 radical (unpaired) electrons. The van der Waals surface area contributed by atoms with Crippen molar-refractivity contribution in [1.29, 1.82) is 0 Å². The number of nitro benzene ring substituents is 1. The Morgan fingerprint density at radius 1 is 1.40 bits per heavy atom. The fourth-order valence-corrected chi connectivity index (χ4v) is 3.41. The monoisotopic (exact) mass is 367 g/mol. The molecule has 0 bridgehead atoms. The second kappa shape index (κ2) is 9.17. The quantitative estimate of drug-likeness (QED) is 0.453. The molecule has 1 heterocycles. The molecule has 0 aromatic heterocycles. The summed E-state index contributed by atoms with van der Waals surface area (Å²) in [5, 5.41) is 14.1. The van der Waals surface area contributed by atoms with E-state index in [1.165, 1.54) is 17.8 Å². The molecule has 1 N–H and O–H groups in total. The zero-order valence-corrected chi connectivity index (χ0v) is 15.7. The van der Waals surface area contributed by atoms with Gasteiger partial charge in [0, 0.05) is 36.6 Å². The van der Waals surface area contributed by atoms with E-state index in [4.69, 9.17) is 4.74 Å². The maximum absolute atomic E-state index is 12.6. The lowest BCUT2D eigenvalue weighted by atomic mass is 10.0. The SMILES string of the molecule is CSc1ccc([N+](=O)[O-])c(C(=O)NCC(C(C)C)N2CCOCC2)c1. The van der Waals surface area contributed by atoms with Crippen LogP contribution in [0.15, 0.2) is 23.1 Å². The van der Waals surface area contributed by atoms with Crippen LogP contribution in [-0.4, -0.2) is 60.9 Å². The molecule has 1 aliphatic rings. The average Bonchev–Trinajstić information content (AvgIpc) is 2.61. The molecule has 1 saturated heterocycles. The van der Waals surface area contributed by atoms with E-state index in [1.807, 2.05) is 6.26 Å². The molecule has 2 rings (SSSR count). The Hall–Kier alpha value is -1.64. The summed E-state index contributed by atoms with van der Waals surface area (Å²) < 4.78 is 5.39. The molecule has 1 fully saturated rings. The third kappa shape index (κ3) is 5.17. The van der Waals surface area contributed by atoms with Crippen molar-refractivity contribution in [2.24, 2.45) is 5.92 Å². The number of nitrogens with zero attached hydrogens (tertiary/aromatic N) is 2. The summed E-state index contributed by atoms with van der Waals surface area (Å²) in [4.78, 5) is 26.4. The van der Waals surface area contributed by atoms with Crippen molar-refractivity contribution in [3.8, 4) is 0 Å². The van der Waals surface area contributed by atoms with E-state index >= 15 is 0 Å². The van der Waals surface area contributed by atoms with E-state index in [1.54, 1.807) is 12.1 Å². The minimum atomic E-state index is -0.513. The number of carbonyl (C=O) groups is 1. The molecule has 138 valence electrons. The Balaban J connectivity index is 2.11. The van der Waals surface area contributed by atoms with Gasteiger partial charge in [-0.2, -0.15) is 0 Å². The minimum absolute atomic E-state index is 0.112. The molecule has 1 aliphatic heterocycles. The molecule has 25 heavy (non-hydrogen) atoms. The number of nitrogens with one attached hydrogen (secondary N) is 1. The molecule has 1 aromatic rings. The fourth-order valence-electron chi connectivity index (χ4n) is 2.97. The molecule has 8 heteroatoms. The van der Waals surface area contributed by atoms with Crippen LogP contribution < -0.4 is 5.32 Å². The number of carbonyl (C=O) groups excluding carboxylic acids is 1. The van der Waals surface area contributed by atoms with Gasteiger partial charge in [-0.15, -0.1) is 11.8 Å². The first-order chi connectivity index (χ1) is 11.9. The molecular formula is C17H25N3O4S. The van der Waals surface area contributed by atoms with Crippen LogP contribution in [0.3, 0.4) is 0 Å². The number of thioether (sulfide) groups is 1. The van der Waals surface area contributed by atoms with Crippen LogP contribution in [0.4, 0.5) is 5.69 Å². The minimum Gasteiger partial charge on any atom is -0.379 e. The van der Waals surface area contributed by atoms with E-state index in [0.29, 0.717) is 25.7 Å². The lowest BCUT2D eigenvalue weighted by Gasteiger charge is -2.36. The van der Waals surface area contributed by atoms with E-state index in [-0.39, 0.29) is 17.3 Å². The second-order valence-corrected chi connectivity index (χ2v) is 7.19. The molecule has 1 atom stereocenters. The summed E-state index contributed by atoms with van der Waals surface area (Å²) >= 11 is 1.45. The number of rotatable bonds is 7. The standard InChI is InChI=1S/C17H25N3O4S/c1-12(2)16(19-6-8-24-9-7-19)11-18-17(21)14-10-13(25-3)4-5-15(14)20(22)23/h4-5,10,12,16H,6-9,11H2,1-3H3,(H,18,21). The van der Waals surface area contributed by atoms with Crippen molar-refractivity contribution in [3.63, 3.8) is 0 Å². The first-order valence-corrected chi connectivity index (χ1v) is 9.59. The molecule has 0 aliphatic carbocycles. The number of benzene rings is 1. The smallest absolute Gasteiger partial charge is 0.282 e. The molecule has 0 saturated carbocycles. The van der Waals surface area contributed by atoms with E-state index in [9.17, 15) is 14.9 Å². The van der Waals surface area contributed by atoms with Gasteiger partial charge in [-0.25, -0.2) is 0 Å². The Kier molecular flexibility index (Phi) is 7.22. The van der Waals surface area contributed by atoms with Crippen LogP contribution in [0.25, 0.3) is 0 Å². The maximum Gasteiger partial charge on any atom is 0.282 e. The first kappa shape index (κ1) is 19.7. The number of amides is 1. The van der Waals surface area contributed by atoms with Crippen molar-refractivity contribution < 1.29 is 14.5 Å². The third-order valence-corrected chi connectivity index (χ3v) is 5.13. The molecule has 0 spiro atoms. The summed E-state index contributed by atoms with van der Waals surface area (Å²) in [5.74, 6) is -0.0487. The molecule has 1 aromatic carbocycles. The van der Waals surface area contributed by atoms with Gasteiger partial charge in [-0.05, 0) is 24.3 Å². The Morgan fingerprint density at radius 3 is 2.64 bits per heavy atom.